The molecule has 0 saturated carbocycles. The Balaban J connectivity index is 1.31. The van der Waals surface area contributed by atoms with Crippen LogP contribution in [0.1, 0.15) is 35.2 Å². The van der Waals surface area contributed by atoms with E-state index in [-0.39, 0.29) is 29.1 Å². The molecule has 1 spiro atoms. The van der Waals surface area contributed by atoms with E-state index in [9.17, 15) is 14.7 Å². The first-order valence-corrected chi connectivity index (χ1v) is 10.5. The molecule has 3 aliphatic heterocycles. The molecule has 0 bridgehead atoms. The summed E-state index contributed by atoms with van der Waals surface area (Å²) in [5.41, 5.74) is 1.49. The van der Waals surface area contributed by atoms with E-state index in [0.717, 1.165) is 51.1 Å². The quantitative estimate of drug-likeness (QED) is 0.831. The fourth-order valence-electron chi connectivity index (χ4n) is 4.79. The van der Waals surface area contributed by atoms with Crippen LogP contribution in [0.15, 0.2) is 18.2 Å². The number of likely N-dealkylation sites (tertiary alicyclic amines) is 1. The first kappa shape index (κ1) is 20.2. The minimum Gasteiger partial charge on any atom is -0.507 e. The van der Waals surface area contributed by atoms with E-state index < -0.39 is 0 Å². The van der Waals surface area contributed by atoms with Gasteiger partial charge in [-0.2, -0.15) is 0 Å². The van der Waals surface area contributed by atoms with Gasteiger partial charge in [-0.1, -0.05) is 11.6 Å². The zero-order valence-electron chi connectivity index (χ0n) is 17.4. The van der Waals surface area contributed by atoms with Gasteiger partial charge in [0, 0.05) is 39.8 Å². The van der Waals surface area contributed by atoms with Gasteiger partial charge in [0.15, 0.2) is 0 Å². The summed E-state index contributed by atoms with van der Waals surface area (Å²) in [6, 6.07) is 5.15. The molecule has 3 fully saturated rings. The highest BCUT2D eigenvalue weighted by atomic mass is 16.5. The zero-order chi connectivity index (χ0) is 20.6. The SMILES string of the molecule is Cc1ccc(O)c(C(=O)N2CCC3(CC2)CO[C@H](CN2CCN(C)C(=O)C2)C3)c1. The molecule has 3 heterocycles. The molecule has 0 unspecified atom stereocenters. The average Bonchev–Trinajstić information content (AvgIpc) is 3.09. The Kier molecular flexibility index (Phi) is 5.53. The molecule has 0 aromatic heterocycles. The van der Waals surface area contributed by atoms with Gasteiger partial charge in [-0.25, -0.2) is 0 Å². The minimum atomic E-state index is -0.0903. The molecule has 1 atom stereocenters. The van der Waals surface area contributed by atoms with Gasteiger partial charge in [0.2, 0.25) is 5.91 Å². The first-order chi connectivity index (χ1) is 13.8. The van der Waals surface area contributed by atoms with Crippen LogP contribution in [0.3, 0.4) is 0 Å². The molecular weight excluding hydrogens is 370 g/mol. The number of phenolic OH excluding ortho intramolecular Hbond substituents is 1. The fraction of sp³-hybridized carbons (Fsp3) is 0.636. The van der Waals surface area contributed by atoms with Crippen molar-refractivity contribution in [3.05, 3.63) is 29.3 Å². The minimum absolute atomic E-state index is 0.0480. The summed E-state index contributed by atoms with van der Waals surface area (Å²) in [5, 5.41) is 10.1. The highest BCUT2D eigenvalue weighted by Gasteiger charge is 2.44. The topological polar surface area (TPSA) is 73.3 Å². The van der Waals surface area contributed by atoms with Crippen LogP contribution < -0.4 is 0 Å². The van der Waals surface area contributed by atoms with E-state index in [2.05, 4.69) is 4.90 Å². The largest absolute Gasteiger partial charge is 0.507 e. The number of nitrogens with zero attached hydrogens (tertiary/aromatic N) is 3. The van der Waals surface area contributed by atoms with Gasteiger partial charge in [-0.05, 0) is 43.7 Å². The third-order valence-corrected chi connectivity index (χ3v) is 6.78. The molecule has 1 aromatic rings. The zero-order valence-corrected chi connectivity index (χ0v) is 17.4. The number of amides is 2. The lowest BCUT2D eigenvalue weighted by Gasteiger charge is -2.39. The summed E-state index contributed by atoms with van der Waals surface area (Å²) in [4.78, 5) is 30.6. The number of ether oxygens (including phenoxy) is 1. The molecule has 1 N–H and O–H groups in total. The summed E-state index contributed by atoms with van der Waals surface area (Å²) < 4.78 is 6.12. The number of hydrogen-bond donors (Lipinski definition) is 1. The van der Waals surface area contributed by atoms with E-state index in [0.29, 0.717) is 25.2 Å². The number of aryl methyl sites for hydroxylation is 1. The smallest absolute Gasteiger partial charge is 0.257 e. The lowest BCUT2D eigenvalue weighted by atomic mass is 9.76. The van der Waals surface area contributed by atoms with Crippen LogP contribution in [-0.4, -0.2) is 90.6 Å². The van der Waals surface area contributed by atoms with E-state index in [1.54, 1.807) is 23.1 Å². The second-order valence-electron chi connectivity index (χ2n) is 9.00. The van der Waals surface area contributed by atoms with Gasteiger partial charge in [0.1, 0.15) is 5.75 Å². The molecule has 1 aromatic carbocycles. The van der Waals surface area contributed by atoms with E-state index >= 15 is 0 Å². The average molecular weight is 402 g/mol. The maximum absolute atomic E-state index is 12.9. The predicted molar refractivity (Wildman–Crippen MR) is 109 cm³/mol. The molecular formula is C22H31N3O4. The Morgan fingerprint density at radius 3 is 2.72 bits per heavy atom. The maximum Gasteiger partial charge on any atom is 0.257 e. The Hall–Kier alpha value is -2.12. The number of rotatable bonds is 3. The maximum atomic E-state index is 12.9. The molecule has 2 amide bonds. The molecule has 4 rings (SSSR count). The van der Waals surface area contributed by atoms with Gasteiger partial charge in [-0.15, -0.1) is 0 Å². The summed E-state index contributed by atoms with van der Waals surface area (Å²) in [6.45, 7) is 7.00. The number of carbonyl (C=O) groups is 2. The van der Waals surface area contributed by atoms with Crippen molar-refractivity contribution < 1.29 is 19.4 Å². The second kappa shape index (κ2) is 7.95. The van der Waals surface area contributed by atoms with Crippen molar-refractivity contribution in [2.75, 3.05) is 52.9 Å². The number of benzene rings is 1. The van der Waals surface area contributed by atoms with Crippen molar-refractivity contribution in [1.82, 2.24) is 14.7 Å². The molecule has 29 heavy (non-hydrogen) atoms. The van der Waals surface area contributed by atoms with E-state index in [4.69, 9.17) is 4.74 Å². The van der Waals surface area contributed by atoms with Crippen molar-refractivity contribution in [3.63, 3.8) is 0 Å². The Morgan fingerprint density at radius 2 is 2.00 bits per heavy atom. The summed E-state index contributed by atoms with van der Waals surface area (Å²) in [7, 11) is 1.85. The second-order valence-corrected chi connectivity index (χ2v) is 9.00. The lowest BCUT2D eigenvalue weighted by Crippen LogP contribution is -2.50. The van der Waals surface area contributed by atoms with Gasteiger partial charge >= 0.3 is 0 Å². The standard InChI is InChI=1S/C22H31N3O4/c1-16-3-4-19(26)18(11-16)21(28)25-7-5-22(6-8-25)12-17(29-15-22)13-24-10-9-23(2)20(27)14-24/h3-4,11,17,26H,5-10,12-15H2,1-2H3/t17-/m0/s1. The van der Waals surface area contributed by atoms with Crippen LogP contribution in [0.5, 0.6) is 5.75 Å². The number of piperidine rings is 1. The highest BCUT2D eigenvalue weighted by molar-refractivity contribution is 5.97. The number of hydrogen-bond acceptors (Lipinski definition) is 5. The van der Waals surface area contributed by atoms with Crippen molar-refractivity contribution in [2.24, 2.45) is 5.41 Å². The van der Waals surface area contributed by atoms with Crippen LogP contribution in [0.4, 0.5) is 0 Å². The normalized spacial score (nSPS) is 25.0. The Labute approximate surface area is 172 Å². The van der Waals surface area contributed by atoms with Crippen LogP contribution >= 0.6 is 0 Å². The first-order valence-electron chi connectivity index (χ1n) is 10.5. The van der Waals surface area contributed by atoms with Crippen molar-refractivity contribution in [2.45, 2.75) is 32.3 Å². The monoisotopic (exact) mass is 401 g/mol. The van der Waals surface area contributed by atoms with E-state index in [1.165, 1.54) is 0 Å². The molecule has 3 saturated heterocycles. The van der Waals surface area contributed by atoms with Crippen LogP contribution in [-0.2, 0) is 9.53 Å². The van der Waals surface area contributed by atoms with Gasteiger partial charge in [0.25, 0.3) is 5.91 Å². The van der Waals surface area contributed by atoms with Crippen molar-refractivity contribution in [3.8, 4) is 5.75 Å². The van der Waals surface area contributed by atoms with Crippen LogP contribution in [0.25, 0.3) is 0 Å². The third-order valence-electron chi connectivity index (χ3n) is 6.78. The van der Waals surface area contributed by atoms with Crippen LogP contribution in [0, 0.1) is 12.3 Å². The summed E-state index contributed by atoms with van der Waals surface area (Å²) in [5.74, 6) is 0.134. The van der Waals surface area contributed by atoms with Crippen molar-refractivity contribution >= 4 is 11.8 Å². The van der Waals surface area contributed by atoms with Crippen molar-refractivity contribution in [1.29, 1.82) is 0 Å². The molecule has 3 aliphatic rings. The number of likely N-dealkylation sites (N-methyl/N-ethyl adjacent to an activating group) is 1. The summed E-state index contributed by atoms with van der Waals surface area (Å²) in [6.07, 6.45) is 2.99. The van der Waals surface area contributed by atoms with Crippen LogP contribution in [0.2, 0.25) is 0 Å². The molecule has 7 nitrogen and oxygen atoms in total. The number of phenols is 1. The highest BCUT2D eigenvalue weighted by Crippen LogP contribution is 2.42. The van der Waals surface area contributed by atoms with Gasteiger partial charge in [0.05, 0.1) is 24.8 Å². The molecule has 7 heteroatoms. The Morgan fingerprint density at radius 1 is 1.24 bits per heavy atom. The predicted octanol–water partition coefficient (Wildman–Crippen LogP) is 1.49. The molecule has 0 aliphatic carbocycles. The fourth-order valence-corrected chi connectivity index (χ4v) is 4.79. The summed E-state index contributed by atoms with van der Waals surface area (Å²) >= 11 is 0. The third kappa shape index (κ3) is 4.26. The van der Waals surface area contributed by atoms with E-state index in [1.807, 2.05) is 18.9 Å². The molecule has 0 radical (unpaired) electrons. The number of piperazine rings is 1. The van der Waals surface area contributed by atoms with Gasteiger partial charge < -0.3 is 19.6 Å². The lowest BCUT2D eigenvalue weighted by molar-refractivity contribution is -0.134. The Bertz CT molecular complexity index is 788. The number of carbonyl (C=O) groups excluding carboxylic acids is 2. The molecule has 158 valence electrons. The van der Waals surface area contributed by atoms with Gasteiger partial charge in [-0.3, -0.25) is 14.5 Å². The number of aromatic hydroxyl groups is 1.